The average Bonchev–Trinajstić information content (AvgIpc) is 2.34. The molecule has 0 spiro atoms. The van der Waals surface area contributed by atoms with Crippen molar-refractivity contribution in [3.05, 3.63) is 35.9 Å². The Hall–Kier alpha value is -2.10. The molecule has 0 heterocycles. The van der Waals surface area contributed by atoms with Gasteiger partial charge >= 0.3 is 5.97 Å². The van der Waals surface area contributed by atoms with E-state index in [0.717, 1.165) is 5.56 Å². The highest BCUT2D eigenvalue weighted by Gasteiger charge is 2.01. The van der Waals surface area contributed by atoms with Crippen LogP contribution in [0.15, 0.2) is 30.3 Å². The molecule has 0 aliphatic rings. The van der Waals surface area contributed by atoms with Gasteiger partial charge in [-0.05, 0) is 23.8 Å². The van der Waals surface area contributed by atoms with E-state index in [2.05, 4.69) is 0 Å². The second-order valence-corrected chi connectivity index (χ2v) is 3.47. The van der Waals surface area contributed by atoms with Crippen molar-refractivity contribution in [2.75, 3.05) is 7.11 Å². The van der Waals surface area contributed by atoms with Gasteiger partial charge in [0.25, 0.3) is 0 Å². The summed E-state index contributed by atoms with van der Waals surface area (Å²) in [6.07, 6.45) is 2.92. The molecule has 0 aliphatic heterocycles. The Balaban J connectivity index is 2.57. The van der Waals surface area contributed by atoms with Crippen LogP contribution in [0.3, 0.4) is 0 Å². The number of ketones is 1. The highest BCUT2D eigenvalue weighted by atomic mass is 16.5. The van der Waals surface area contributed by atoms with E-state index >= 15 is 0 Å². The average molecular weight is 234 g/mol. The van der Waals surface area contributed by atoms with Crippen molar-refractivity contribution in [3.63, 3.8) is 0 Å². The Bertz CT molecular complexity index is 435. The molecule has 0 aliphatic carbocycles. The minimum Gasteiger partial charge on any atom is -0.497 e. The van der Waals surface area contributed by atoms with Crippen LogP contribution in [0.5, 0.6) is 5.75 Å². The number of hydrogen-bond acceptors (Lipinski definition) is 3. The summed E-state index contributed by atoms with van der Waals surface area (Å²) in [5.74, 6) is -0.450. The van der Waals surface area contributed by atoms with E-state index in [-0.39, 0.29) is 18.6 Å². The first-order chi connectivity index (χ1) is 8.11. The van der Waals surface area contributed by atoms with Crippen molar-refractivity contribution in [2.45, 2.75) is 12.8 Å². The van der Waals surface area contributed by atoms with Gasteiger partial charge in [0.2, 0.25) is 0 Å². The van der Waals surface area contributed by atoms with Crippen LogP contribution in [0.2, 0.25) is 0 Å². The lowest BCUT2D eigenvalue weighted by Crippen LogP contribution is -1.99. The summed E-state index contributed by atoms with van der Waals surface area (Å²) in [7, 11) is 1.57. The van der Waals surface area contributed by atoms with Crippen molar-refractivity contribution in [1.82, 2.24) is 0 Å². The SMILES string of the molecule is COc1cccc(/C=C/C(=O)CCC(=O)O)c1. The lowest BCUT2D eigenvalue weighted by Gasteiger charge is -1.99. The lowest BCUT2D eigenvalue weighted by atomic mass is 10.1. The van der Waals surface area contributed by atoms with Crippen LogP contribution in [0, 0.1) is 0 Å². The van der Waals surface area contributed by atoms with Gasteiger partial charge in [0.15, 0.2) is 5.78 Å². The molecule has 1 N–H and O–H groups in total. The van der Waals surface area contributed by atoms with Crippen LogP contribution in [0.25, 0.3) is 6.08 Å². The molecule has 0 aromatic heterocycles. The van der Waals surface area contributed by atoms with E-state index < -0.39 is 5.97 Å². The zero-order valence-electron chi connectivity index (χ0n) is 9.55. The molecule has 0 amide bonds. The topological polar surface area (TPSA) is 63.6 Å². The number of hydrogen-bond donors (Lipinski definition) is 1. The first kappa shape index (κ1) is 13.0. The number of aliphatic carboxylic acids is 1. The smallest absolute Gasteiger partial charge is 0.303 e. The number of benzene rings is 1. The predicted molar refractivity (Wildman–Crippen MR) is 63.9 cm³/mol. The third-order valence-electron chi connectivity index (χ3n) is 2.14. The Kier molecular flexibility index (Phi) is 4.94. The highest BCUT2D eigenvalue weighted by molar-refractivity contribution is 5.95. The molecule has 0 radical (unpaired) electrons. The summed E-state index contributed by atoms with van der Waals surface area (Å²) in [4.78, 5) is 21.6. The predicted octanol–water partition coefficient (Wildman–Crippen LogP) is 2.14. The van der Waals surface area contributed by atoms with E-state index in [4.69, 9.17) is 9.84 Å². The van der Waals surface area contributed by atoms with Gasteiger partial charge < -0.3 is 9.84 Å². The fourth-order valence-corrected chi connectivity index (χ4v) is 1.25. The molecule has 4 nitrogen and oxygen atoms in total. The van der Waals surface area contributed by atoms with Crippen molar-refractivity contribution in [3.8, 4) is 5.75 Å². The summed E-state index contributed by atoms with van der Waals surface area (Å²) < 4.78 is 5.04. The Morgan fingerprint density at radius 1 is 1.35 bits per heavy atom. The summed E-state index contributed by atoms with van der Waals surface area (Å²) in [6.45, 7) is 0. The van der Waals surface area contributed by atoms with Crippen LogP contribution in [-0.4, -0.2) is 24.0 Å². The number of methoxy groups -OCH3 is 1. The minimum atomic E-state index is -0.965. The minimum absolute atomic E-state index is 0.0236. The van der Waals surface area contributed by atoms with Gasteiger partial charge in [-0.25, -0.2) is 0 Å². The second kappa shape index (κ2) is 6.48. The van der Waals surface area contributed by atoms with Gasteiger partial charge in [0, 0.05) is 6.42 Å². The van der Waals surface area contributed by atoms with E-state index in [1.165, 1.54) is 6.08 Å². The summed E-state index contributed by atoms with van der Waals surface area (Å²) in [5, 5.41) is 8.42. The largest absolute Gasteiger partial charge is 0.497 e. The maximum Gasteiger partial charge on any atom is 0.303 e. The molecule has 0 saturated carbocycles. The molecule has 17 heavy (non-hydrogen) atoms. The van der Waals surface area contributed by atoms with Gasteiger partial charge in [0.05, 0.1) is 13.5 Å². The van der Waals surface area contributed by atoms with Crippen LogP contribution in [0.1, 0.15) is 18.4 Å². The standard InChI is InChI=1S/C13H14O4/c1-17-12-4-2-3-10(9-12)5-6-11(14)7-8-13(15)16/h2-6,9H,7-8H2,1H3,(H,15,16)/b6-5+. The quantitative estimate of drug-likeness (QED) is 0.766. The van der Waals surface area contributed by atoms with E-state index in [1.807, 2.05) is 18.2 Å². The lowest BCUT2D eigenvalue weighted by molar-refractivity contribution is -0.138. The van der Waals surface area contributed by atoms with Crippen LogP contribution >= 0.6 is 0 Å². The normalized spacial score (nSPS) is 10.4. The maximum atomic E-state index is 11.3. The molecule has 0 atom stereocenters. The van der Waals surface area contributed by atoms with Gasteiger partial charge in [-0.2, -0.15) is 0 Å². The van der Waals surface area contributed by atoms with E-state index in [0.29, 0.717) is 5.75 Å². The number of allylic oxidation sites excluding steroid dienone is 1. The first-order valence-corrected chi connectivity index (χ1v) is 5.18. The molecule has 4 heteroatoms. The zero-order valence-corrected chi connectivity index (χ0v) is 9.55. The number of carboxylic acid groups (broad SMARTS) is 1. The van der Waals surface area contributed by atoms with Crippen molar-refractivity contribution < 1.29 is 19.4 Å². The zero-order chi connectivity index (χ0) is 12.7. The molecule has 1 aromatic carbocycles. The molecule has 1 aromatic rings. The van der Waals surface area contributed by atoms with Gasteiger partial charge in [-0.1, -0.05) is 18.2 Å². The fourth-order valence-electron chi connectivity index (χ4n) is 1.25. The molecule has 0 bridgehead atoms. The van der Waals surface area contributed by atoms with Crippen molar-refractivity contribution >= 4 is 17.8 Å². The molecule has 0 unspecified atom stereocenters. The van der Waals surface area contributed by atoms with E-state index in [1.54, 1.807) is 19.3 Å². The van der Waals surface area contributed by atoms with Crippen LogP contribution in [-0.2, 0) is 9.59 Å². The molecular formula is C13H14O4. The summed E-state index contributed by atoms with van der Waals surface area (Å²) in [6, 6.07) is 7.26. The monoisotopic (exact) mass is 234 g/mol. The molecule has 90 valence electrons. The summed E-state index contributed by atoms with van der Waals surface area (Å²) in [5.41, 5.74) is 0.841. The maximum absolute atomic E-state index is 11.3. The Morgan fingerprint density at radius 3 is 2.76 bits per heavy atom. The number of ether oxygens (including phenoxy) is 1. The highest BCUT2D eigenvalue weighted by Crippen LogP contribution is 2.13. The van der Waals surface area contributed by atoms with Crippen molar-refractivity contribution in [2.24, 2.45) is 0 Å². The van der Waals surface area contributed by atoms with Crippen LogP contribution < -0.4 is 4.74 Å². The molecular weight excluding hydrogens is 220 g/mol. The Labute approximate surface area is 99.5 Å². The number of carbonyl (C=O) groups is 2. The Morgan fingerprint density at radius 2 is 2.12 bits per heavy atom. The third-order valence-corrected chi connectivity index (χ3v) is 2.14. The third kappa shape index (κ3) is 4.97. The number of carboxylic acids is 1. The van der Waals surface area contributed by atoms with Crippen LogP contribution in [0.4, 0.5) is 0 Å². The molecule has 0 fully saturated rings. The molecule has 0 saturated heterocycles. The van der Waals surface area contributed by atoms with Gasteiger partial charge in [-0.3, -0.25) is 9.59 Å². The first-order valence-electron chi connectivity index (χ1n) is 5.18. The van der Waals surface area contributed by atoms with Gasteiger partial charge in [-0.15, -0.1) is 0 Å². The fraction of sp³-hybridized carbons (Fsp3) is 0.231. The van der Waals surface area contributed by atoms with E-state index in [9.17, 15) is 9.59 Å². The van der Waals surface area contributed by atoms with Gasteiger partial charge in [0.1, 0.15) is 5.75 Å². The van der Waals surface area contributed by atoms with Crippen molar-refractivity contribution in [1.29, 1.82) is 0 Å². The second-order valence-electron chi connectivity index (χ2n) is 3.47. The number of rotatable bonds is 6. The summed E-state index contributed by atoms with van der Waals surface area (Å²) >= 11 is 0. The number of carbonyl (C=O) groups excluding carboxylic acids is 1. The molecule has 1 rings (SSSR count).